The molecule has 0 spiro atoms. The van der Waals surface area contributed by atoms with E-state index >= 15 is 0 Å². The molecule has 16 heavy (non-hydrogen) atoms. The molecule has 5 heteroatoms. The SMILES string of the molecule is CCOCC(C)NC(=O)C1(C(N)=S)CCC1. The minimum atomic E-state index is -0.587. The maximum absolute atomic E-state index is 12.0. The van der Waals surface area contributed by atoms with Crippen molar-refractivity contribution in [3.8, 4) is 0 Å². The summed E-state index contributed by atoms with van der Waals surface area (Å²) >= 11 is 4.98. The van der Waals surface area contributed by atoms with E-state index in [1.165, 1.54) is 0 Å². The summed E-state index contributed by atoms with van der Waals surface area (Å²) in [4.78, 5) is 12.3. The molecule has 1 rings (SSSR count). The van der Waals surface area contributed by atoms with Crippen molar-refractivity contribution in [2.75, 3.05) is 13.2 Å². The maximum atomic E-state index is 12.0. The lowest BCUT2D eigenvalue weighted by molar-refractivity contribution is -0.131. The normalized spacial score (nSPS) is 19.6. The zero-order valence-electron chi connectivity index (χ0n) is 9.91. The average Bonchev–Trinajstić information content (AvgIpc) is 2.11. The first kappa shape index (κ1) is 13.4. The number of rotatable bonds is 6. The van der Waals surface area contributed by atoms with Crippen LogP contribution in [-0.4, -0.2) is 30.2 Å². The van der Waals surface area contributed by atoms with Crippen molar-refractivity contribution in [3.05, 3.63) is 0 Å². The van der Waals surface area contributed by atoms with Crippen molar-refractivity contribution in [1.29, 1.82) is 0 Å². The molecule has 1 amide bonds. The minimum Gasteiger partial charge on any atom is -0.392 e. The Balaban J connectivity index is 2.47. The van der Waals surface area contributed by atoms with Crippen molar-refractivity contribution in [2.24, 2.45) is 11.1 Å². The number of hydrogen-bond donors (Lipinski definition) is 2. The summed E-state index contributed by atoms with van der Waals surface area (Å²) in [5.74, 6) is -0.0431. The lowest BCUT2D eigenvalue weighted by atomic mass is 9.68. The van der Waals surface area contributed by atoms with Gasteiger partial charge in [0.15, 0.2) is 0 Å². The Morgan fingerprint density at radius 2 is 2.25 bits per heavy atom. The van der Waals surface area contributed by atoms with E-state index in [-0.39, 0.29) is 11.9 Å². The highest BCUT2D eigenvalue weighted by molar-refractivity contribution is 7.80. The molecule has 1 unspecified atom stereocenters. The molecule has 0 bridgehead atoms. The van der Waals surface area contributed by atoms with E-state index in [9.17, 15) is 4.79 Å². The molecule has 4 nitrogen and oxygen atoms in total. The summed E-state index contributed by atoms with van der Waals surface area (Å²) in [6.45, 7) is 5.02. The van der Waals surface area contributed by atoms with Gasteiger partial charge in [-0.3, -0.25) is 4.79 Å². The zero-order valence-corrected chi connectivity index (χ0v) is 10.7. The number of amides is 1. The van der Waals surface area contributed by atoms with Gasteiger partial charge in [0.25, 0.3) is 0 Å². The molecule has 1 fully saturated rings. The van der Waals surface area contributed by atoms with Crippen LogP contribution in [0.3, 0.4) is 0 Å². The third kappa shape index (κ3) is 2.71. The van der Waals surface area contributed by atoms with Gasteiger partial charge in [-0.2, -0.15) is 0 Å². The van der Waals surface area contributed by atoms with Crippen LogP contribution < -0.4 is 11.1 Å². The molecule has 0 saturated heterocycles. The fourth-order valence-electron chi connectivity index (χ4n) is 1.81. The molecule has 92 valence electrons. The molecular weight excluding hydrogens is 224 g/mol. The molecule has 0 aliphatic heterocycles. The number of carbonyl (C=O) groups is 1. The monoisotopic (exact) mass is 244 g/mol. The van der Waals surface area contributed by atoms with Crippen LogP contribution in [0.1, 0.15) is 33.1 Å². The zero-order chi connectivity index (χ0) is 12.2. The topological polar surface area (TPSA) is 64.3 Å². The molecule has 0 aromatic rings. The molecular formula is C11H20N2O2S. The lowest BCUT2D eigenvalue weighted by Crippen LogP contribution is -2.55. The highest BCUT2D eigenvalue weighted by Crippen LogP contribution is 2.41. The molecule has 3 N–H and O–H groups in total. The quantitative estimate of drug-likeness (QED) is 0.684. The summed E-state index contributed by atoms with van der Waals surface area (Å²) in [5, 5.41) is 2.91. The van der Waals surface area contributed by atoms with Crippen LogP contribution in [0, 0.1) is 5.41 Å². The summed E-state index contributed by atoms with van der Waals surface area (Å²) in [6, 6.07) is -0.000671. The van der Waals surface area contributed by atoms with Gasteiger partial charge < -0.3 is 15.8 Å². The standard InChI is InChI=1S/C11H20N2O2S/c1-3-15-7-8(2)13-10(14)11(9(12)16)5-4-6-11/h8H,3-7H2,1-2H3,(H2,12,16)(H,13,14). The second-order valence-corrected chi connectivity index (χ2v) is 4.77. The molecule has 0 radical (unpaired) electrons. The minimum absolute atomic E-state index is 0.000671. The Bertz CT molecular complexity index is 277. The average molecular weight is 244 g/mol. The van der Waals surface area contributed by atoms with Crippen molar-refractivity contribution < 1.29 is 9.53 Å². The number of nitrogens with one attached hydrogen (secondary N) is 1. The van der Waals surface area contributed by atoms with Gasteiger partial charge in [-0.05, 0) is 26.7 Å². The van der Waals surface area contributed by atoms with E-state index in [0.29, 0.717) is 18.2 Å². The number of nitrogens with two attached hydrogens (primary N) is 1. The summed E-state index contributed by atoms with van der Waals surface area (Å²) in [6.07, 6.45) is 2.57. The molecule has 0 aromatic heterocycles. The van der Waals surface area contributed by atoms with Crippen LogP contribution in [0.5, 0.6) is 0 Å². The summed E-state index contributed by atoms with van der Waals surface area (Å²) < 4.78 is 5.24. The van der Waals surface area contributed by atoms with Gasteiger partial charge in [-0.15, -0.1) is 0 Å². The second kappa shape index (κ2) is 5.59. The molecule has 1 aliphatic carbocycles. The van der Waals surface area contributed by atoms with Gasteiger partial charge in [0, 0.05) is 12.6 Å². The smallest absolute Gasteiger partial charge is 0.233 e. The maximum Gasteiger partial charge on any atom is 0.233 e. The van der Waals surface area contributed by atoms with E-state index in [2.05, 4.69) is 5.32 Å². The van der Waals surface area contributed by atoms with E-state index in [1.807, 2.05) is 13.8 Å². The van der Waals surface area contributed by atoms with E-state index in [0.717, 1.165) is 19.3 Å². The van der Waals surface area contributed by atoms with Crippen molar-refractivity contribution in [1.82, 2.24) is 5.32 Å². The van der Waals surface area contributed by atoms with E-state index < -0.39 is 5.41 Å². The van der Waals surface area contributed by atoms with Crippen LogP contribution in [0.25, 0.3) is 0 Å². The first-order valence-electron chi connectivity index (χ1n) is 5.71. The Hall–Kier alpha value is -0.680. The van der Waals surface area contributed by atoms with Crippen LogP contribution in [0.4, 0.5) is 0 Å². The van der Waals surface area contributed by atoms with Gasteiger partial charge in [-0.25, -0.2) is 0 Å². The highest BCUT2D eigenvalue weighted by atomic mass is 32.1. The van der Waals surface area contributed by atoms with Crippen molar-refractivity contribution >= 4 is 23.1 Å². The Morgan fingerprint density at radius 1 is 1.62 bits per heavy atom. The Labute approximate surface area is 102 Å². The van der Waals surface area contributed by atoms with Crippen LogP contribution in [0.2, 0.25) is 0 Å². The highest BCUT2D eigenvalue weighted by Gasteiger charge is 2.47. The Morgan fingerprint density at radius 3 is 2.62 bits per heavy atom. The number of thiocarbonyl (C=S) groups is 1. The van der Waals surface area contributed by atoms with Gasteiger partial charge in [-0.1, -0.05) is 18.6 Å². The predicted octanol–water partition coefficient (Wildman–Crippen LogP) is 0.984. The largest absolute Gasteiger partial charge is 0.392 e. The second-order valence-electron chi connectivity index (χ2n) is 4.33. The first-order chi connectivity index (χ1) is 7.53. The van der Waals surface area contributed by atoms with Crippen LogP contribution >= 0.6 is 12.2 Å². The van der Waals surface area contributed by atoms with Crippen molar-refractivity contribution in [2.45, 2.75) is 39.2 Å². The van der Waals surface area contributed by atoms with Gasteiger partial charge >= 0.3 is 0 Å². The van der Waals surface area contributed by atoms with E-state index in [1.54, 1.807) is 0 Å². The van der Waals surface area contributed by atoms with E-state index in [4.69, 9.17) is 22.7 Å². The molecule has 1 atom stereocenters. The van der Waals surface area contributed by atoms with Crippen LogP contribution in [-0.2, 0) is 9.53 Å². The van der Waals surface area contributed by atoms with Gasteiger partial charge in [0.1, 0.15) is 0 Å². The third-order valence-corrected chi connectivity index (χ3v) is 3.45. The summed E-state index contributed by atoms with van der Waals surface area (Å²) in [5.41, 5.74) is 5.06. The number of ether oxygens (including phenoxy) is 1. The molecule has 1 saturated carbocycles. The number of hydrogen-bond acceptors (Lipinski definition) is 3. The molecule has 0 heterocycles. The third-order valence-electron chi connectivity index (χ3n) is 3.06. The summed E-state index contributed by atoms with van der Waals surface area (Å²) in [7, 11) is 0. The Kier molecular flexibility index (Phi) is 4.68. The van der Waals surface area contributed by atoms with Gasteiger partial charge in [0.05, 0.1) is 17.0 Å². The number of carbonyl (C=O) groups excluding carboxylic acids is 1. The van der Waals surface area contributed by atoms with Crippen LogP contribution in [0.15, 0.2) is 0 Å². The van der Waals surface area contributed by atoms with Crippen molar-refractivity contribution in [3.63, 3.8) is 0 Å². The fourth-order valence-corrected chi connectivity index (χ4v) is 2.11. The molecule has 1 aliphatic rings. The van der Waals surface area contributed by atoms with Gasteiger partial charge in [0.2, 0.25) is 5.91 Å². The fraction of sp³-hybridized carbons (Fsp3) is 0.818. The first-order valence-corrected chi connectivity index (χ1v) is 6.12. The lowest BCUT2D eigenvalue weighted by Gasteiger charge is -2.39. The molecule has 0 aromatic carbocycles. The predicted molar refractivity (Wildman–Crippen MR) is 67.2 cm³/mol.